The summed E-state index contributed by atoms with van der Waals surface area (Å²) in [4.78, 5) is 12.0. The molecule has 6 heteroatoms. The molecule has 1 rings (SSSR count). The number of nitrogens with zero attached hydrogens (tertiary/aromatic N) is 1. The van der Waals surface area contributed by atoms with Gasteiger partial charge in [0.15, 0.2) is 11.1 Å². The highest BCUT2D eigenvalue weighted by Gasteiger charge is 2.33. The first-order valence-electron chi connectivity index (χ1n) is 6.18. The molecule has 1 heterocycles. The molecule has 1 aliphatic heterocycles. The molecule has 0 spiro atoms. The van der Waals surface area contributed by atoms with Gasteiger partial charge in [0, 0.05) is 5.92 Å². The Hall–Kier alpha value is -0.470. The van der Waals surface area contributed by atoms with E-state index in [0.29, 0.717) is 5.92 Å². The maximum absolute atomic E-state index is 11.8. The summed E-state index contributed by atoms with van der Waals surface area (Å²) in [6.45, 7) is 6.37. The maximum atomic E-state index is 11.8. The lowest BCUT2D eigenvalue weighted by atomic mass is 9.99. The number of halogens is 2. The van der Waals surface area contributed by atoms with Crippen molar-refractivity contribution >= 4 is 29.1 Å². The smallest absolute Gasteiger partial charge is 0.256 e. The second-order valence-corrected chi connectivity index (χ2v) is 5.79. The number of carbonyl (C=O) groups is 1. The molecule has 108 valence electrons. The zero-order chi connectivity index (χ0) is 14.6. The summed E-state index contributed by atoms with van der Waals surface area (Å²) in [5.41, 5.74) is 0. The number of alkyl halides is 2. The van der Waals surface area contributed by atoms with Gasteiger partial charge < -0.3 is 14.4 Å². The van der Waals surface area contributed by atoms with Gasteiger partial charge in [0.05, 0.1) is 25.3 Å². The Morgan fingerprint density at radius 1 is 1.32 bits per heavy atom. The number of rotatable bonds is 4. The van der Waals surface area contributed by atoms with Crippen LogP contribution in [0.4, 0.5) is 0 Å². The van der Waals surface area contributed by atoms with Gasteiger partial charge in [0.1, 0.15) is 0 Å². The van der Waals surface area contributed by atoms with E-state index in [0.717, 1.165) is 0 Å². The summed E-state index contributed by atoms with van der Waals surface area (Å²) in [5, 5.41) is 0. The molecule has 0 N–H and O–H groups in total. The molecule has 0 bridgehead atoms. The molecule has 1 saturated heterocycles. The van der Waals surface area contributed by atoms with Crippen LogP contribution in [-0.2, 0) is 14.3 Å². The third-order valence-electron chi connectivity index (χ3n) is 3.36. The molecule has 0 aliphatic carbocycles. The summed E-state index contributed by atoms with van der Waals surface area (Å²) >= 11 is 11.2. The highest BCUT2D eigenvalue weighted by atomic mass is 35.5. The number of amides is 1. The summed E-state index contributed by atoms with van der Waals surface area (Å²) in [5.74, 6) is 2.26. The van der Waals surface area contributed by atoms with Gasteiger partial charge in [-0.05, 0) is 13.8 Å². The monoisotopic (exact) mass is 307 g/mol. The minimum Gasteiger partial charge on any atom is -0.347 e. The van der Waals surface area contributed by atoms with Crippen molar-refractivity contribution in [1.29, 1.82) is 0 Å². The summed E-state index contributed by atoms with van der Waals surface area (Å²) in [6, 6.07) is 0. The topological polar surface area (TPSA) is 38.8 Å². The molecule has 0 aromatic carbocycles. The predicted octanol–water partition coefficient (Wildman–Crippen LogP) is 2.04. The van der Waals surface area contributed by atoms with E-state index in [-0.39, 0.29) is 25.3 Å². The average molecular weight is 308 g/mol. The molecule has 1 amide bonds. The zero-order valence-electron chi connectivity index (χ0n) is 11.3. The molecule has 1 aliphatic rings. The van der Waals surface area contributed by atoms with Gasteiger partial charge in [-0.3, -0.25) is 4.79 Å². The van der Waals surface area contributed by atoms with Crippen LogP contribution < -0.4 is 0 Å². The van der Waals surface area contributed by atoms with Crippen molar-refractivity contribution in [1.82, 2.24) is 4.90 Å². The highest BCUT2D eigenvalue weighted by Crippen LogP contribution is 2.24. The van der Waals surface area contributed by atoms with Crippen molar-refractivity contribution in [2.45, 2.75) is 44.1 Å². The molecule has 0 radical (unpaired) electrons. The van der Waals surface area contributed by atoms with E-state index in [1.165, 1.54) is 4.90 Å². The van der Waals surface area contributed by atoms with E-state index in [1.807, 2.05) is 13.8 Å². The summed E-state index contributed by atoms with van der Waals surface area (Å²) in [7, 11) is 0. The largest absolute Gasteiger partial charge is 0.347 e. The minimum absolute atomic E-state index is 0.0549. The van der Waals surface area contributed by atoms with Crippen LogP contribution in [0.1, 0.15) is 20.8 Å². The first kappa shape index (κ1) is 16.6. The van der Waals surface area contributed by atoms with Gasteiger partial charge in [0.2, 0.25) is 0 Å². The lowest BCUT2D eigenvalue weighted by Crippen LogP contribution is -2.49. The molecule has 2 unspecified atom stereocenters. The standard InChI is InChI=1S/C13H19Cl2NO3/c1-5-6-16(13(17)12(14)15)7-11-18-9(3)8(2)10(4)19-11/h1,8-12H,6-7H2,2-4H3. The Morgan fingerprint density at radius 2 is 1.84 bits per heavy atom. The van der Waals surface area contributed by atoms with Crippen LogP contribution in [0.5, 0.6) is 0 Å². The van der Waals surface area contributed by atoms with Crippen molar-refractivity contribution in [3.05, 3.63) is 0 Å². The zero-order valence-corrected chi connectivity index (χ0v) is 12.8. The molecule has 19 heavy (non-hydrogen) atoms. The molecule has 2 atom stereocenters. The first-order valence-corrected chi connectivity index (χ1v) is 7.05. The quantitative estimate of drug-likeness (QED) is 0.589. The van der Waals surface area contributed by atoms with Crippen LogP contribution >= 0.6 is 23.2 Å². The van der Waals surface area contributed by atoms with Crippen LogP contribution in [0.2, 0.25) is 0 Å². The Labute approximate surface area is 124 Å². The number of hydrogen-bond donors (Lipinski definition) is 0. The SMILES string of the molecule is C#CCN(CC1OC(C)C(C)C(C)O1)C(=O)C(Cl)Cl. The van der Waals surface area contributed by atoms with Crippen LogP contribution in [0.25, 0.3) is 0 Å². The molecule has 0 aromatic heterocycles. The van der Waals surface area contributed by atoms with E-state index < -0.39 is 17.0 Å². The van der Waals surface area contributed by atoms with Crippen molar-refractivity contribution in [2.75, 3.05) is 13.1 Å². The molecular weight excluding hydrogens is 289 g/mol. The first-order chi connectivity index (χ1) is 8.86. The van der Waals surface area contributed by atoms with E-state index in [4.69, 9.17) is 39.1 Å². The Balaban J connectivity index is 2.65. The lowest BCUT2D eigenvalue weighted by molar-refractivity contribution is -0.260. The van der Waals surface area contributed by atoms with Crippen LogP contribution in [0, 0.1) is 18.3 Å². The van der Waals surface area contributed by atoms with E-state index in [1.54, 1.807) is 0 Å². The van der Waals surface area contributed by atoms with E-state index >= 15 is 0 Å². The lowest BCUT2D eigenvalue weighted by Gasteiger charge is -2.39. The second kappa shape index (κ2) is 7.35. The Kier molecular flexibility index (Phi) is 6.41. The third-order valence-corrected chi connectivity index (χ3v) is 3.74. The molecule has 4 nitrogen and oxygen atoms in total. The summed E-state index contributed by atoms with van der Waals surface area (Å²) < 4.78 is 11.4. The molecule has 0 saturated carbocycles. The molecular formula is C13H19Cl2NO3. The van der Waals surface area contributed by atoms with E-state index in [9.17, 15) is 4.79 Å². The fourth-order valence-corrected chi connectivity index (χ4v) is 2.16. The number of terminal acetylenes is 1. The van der Waals surface area contributed by atoms with Gasteiger partial charge in [-0.1, -0.05) is 36.0 Å². The van der Waals surface area contributed by atoms with Crippen molar-refractivity contribution in [3.63, 3.8) is 0 Å². The van der Waals surface area contributed by atoms with Crippen LogP contribution in [0.3, 0.4) is 0 Å². The predicted molar refractivity (Wildman–Crippen MR) is 75.0 cm³/mol. The Morgan fingerprint density at radius 3 is 2.26 bits per heavy atom. The van der Waals surface area contributed by atoms with Crippen molar-refractivity contribution in [3.8, 4) is 12.3 Å². The van der Waals surface area contributed by atoms with Crippen LogP contribution in [-0.4, -0.2) is 47.2 Å². The number of ether oxygens (including phenoxy) is 2. The Bertz CT molecular complexity index is 344. The van der Waals surface area contributed by atoms with Gasteiger partial charge >= 0.3 is 0 Å². The minimum atomic E-state index is -1.13. The fourth-order valence-electron chi connectivity index (χ4n) is 1.89. The van der Waals surface area contributed by atoms with E-state index in [2.05, 4.69) is 12.8 Å². The van der Waals surface area contributed by atoms with Crippen LogP contribution in [0.15, 0.2) is 0 Å². The normalized spacial score (nSPS) is 31.0. The number of carbonyl (C=O) groups excluding carboxylic acids is 1. The highest BCUT2D eigenvalue weighted by molar-refractivity contribution is 6.53. The second-order valence-electron chi connectivity index (χ2n) is 4.69. The third kappa shape index (κ3) is 4.54. The van der Waals surface area contributed by atoms with Gasteiger partial charge in [-0.2, -0.15) is 0 Å². The van der Waals surface area contributed by atoms with Crippen molar-refractivity contribution in [2.24, 2.45) is 5.92 Å². The van der Waals surface area contributed by atoms with Gasteiger partial charge in [0.25, 0.3) is 5.91 Å². The van der Waals surface area contributed by atoms with Gasteiger partial charge in [-0.25, -0.2) is 0 Å². The maximum Gasteiger partial charge on any atom is 0.256 e. The van der Waals surface area contributed by atoms with Gasteiger partial charge in [-0.15, -0.1) is 6.42 Å². The molecule has 0 aromatic rings. The van der Waals surface area contributed by atoms with Crippen molar-refractivity contribution < 1.29 is 14.3 Å². The molecule has 1 fully saturated rings. The summed E-state index contributed by atoms with van der Waals surface area (Å²) in [6.07, 6.45) is 4.84. The average Bonchev–Trinajstić information content (AvgIpc) is 2.34. The fraction of sp³-hybridized carbons (Fsp3) is 0.769. The number of hydrogen-bond acceptors (Lipinski definition) is 3.